The molecule has 2 rings (SSSR count). The number of nitrogens with zero attached hydrogens (tertiary/aromatic N) is 2. The monoisotopic (exact) mass is 219 g/mol. The van der Waals surface area contributed by atoms with Crippen LogP contribution in [0.1, 0.15) is 62.3 Å². The highest BCUT2D eigenvalue weighted by Crippen LogP contribution is 2.22. The standard InChI is InChI=1S/C13H21N3/c1-9(2)12-8-10(3)15-13(16-12)11-6-4-5-7-14-11/h8-9,11,14H,4-7H2,1-3H3. The summed E-state index contributed by atoms with van der Waals surface area (Å²) in [5.74, 6) is 1.47. The van der Waals surface area contributed by atoms with Gasteiger partial charge in [-0.3, -0.25) is 0 Å². The lowest BCUT2D eigenvalue weighted by molar-refractivity contribution is 0.395. The minimum atomic E-state index is 0.367. The first-order valence-electron chi connectivity index (χ1n) is 6.25. The predicted octanol–water partition coefficient (Wildman–Crippen LogP) is 2.72. The van der Waals surface area contributed by atoms with Crippen LogP contribution in [0.5, 0.6) is 0 Å². The van der Waals surface area contributed by atoms with E-state index in [1.165, 1.54) is 19.3 Å². The van der Waals surface area contributed by atoms with Gasteiger partial charge in [-0.05, 0) is 38.3 Å². The van der Waals surface area contributed by atoms with Gasteiger partial charge in [0.25, 0.3) is 0 Å². The third-order valence-electron chi connectivity index (χ3n) is 3.10. The van der Waals surface area contributed by atoms with Crippen LogP contribution < -0.4 is 5.32 Å². The Balaban J connectivity index is 2.25. The quantitative estimate of drug-likeness (QED) is 0.831. The smallest absolute Gasteiger partial charge is 0.145 e. The number of hydrogen-bond donors (Lipinski definition) is 1. The molecule has 1 atom stereocenters. The maximum atomic E-state index is 4.68. The van der Waals surface area contributed by atoms with Gasteiger partial charge in [0.05, 0.1) is 6.04 Å². The second-order valence-corrected chi connectivity index (χ2v) is 4.95. The number of aromatic nitrogens is 2. The lowest BCUT2D eigenvalue weighted by Gasteiger charge is -2.23. The topological polar surface area (TPSA) is 37.8 Å². The van der Waals surface area contributed by atoms with E-state index in [9.17, 15) is 0 Å². The van der Waals surface area contributed by atoms with Crippen molar-refractivity contribution >= 4 is 0 Å². The molecule has 2 heterocycles. The van der Waals surface area contributed by atoms with E-state index >= 15 is 0 Å². The third kappa shape index (κ3) is 2.59. The molecule has 0 saturated carbocycles. The molecule has 1 fully saturated rings. The Hall–Kier alpha value is -0.960. The second kappa shape index (κ2) is 4.91. The molecule has 0 spiro atoms. The highest BCUT2D eigenvalue weighted by atomic mass is 15.0. The minimum Gasteiger partial charge on any atom is -0.307 e. The molecule has 1 N–H and O–H groups in total. The normalized spacial score (nSPS) is 21.4. The zero-order valence-electron chi connectivity index (χ0n) is 10.5. The molecule has 1 aromatic heterocycles. The van der Waals surface area contributed by atoms with Gasteiger partial charge in [0.15, 0.2) is 0 Å². The van der Waals surface area contributed by atoms with Crippen LogP contribution in [0, 0.1) is 6.92 Å². The van der Waals surface area contributed by atoms with E-state index in [-0.39, 0.29) is 0 Å². The molecule has 88 valence electrons. The van der Waals surface area contributed by atoms with Gasteiger partial charge >= 0.3 is 0 Å². The molecule has 3 nitrogen and oxygen atoms in total. The van der Waals surface area contributed by atoms with Crippen molar-refractivity contribution in [3.8, 4) is 0 Å². The average Bonchev–Trinajstić information content (AvgIpc) is 2.29. The molecule has 1 unspecified atom stereocenters. The zero-order valence-corrected chi connectivity index (χ0v) is 10.5. The van der Waals surface area contributed by atoms with Crippen molar-refractivity contribution in [3.05, 3.63) is 23.3 Å². The molecule has 3 heteroatoms. The zero-order chi connectivity index (χ0) is 11.5. The first-order chi connectivity index (χ1) is 7.66. The molecule has 0 radical (unpaired) electrons. The summed E-state index contributed by atoms with van der Waals surface area (Å²) in [7, 11) is 0. The Labute approximate surface area is 97.7 Å². The molecule has 16 heavy (non-hydrogen) atoms. The summed E-state index contributed by atoms with van der Waals surface area (Å²) in [5, 5.41) is 3.50. The van der Waals surface area contributed by atoms with Crippen LogP contribution in [0.4, 0.5) is 0 Å². The van der Waals surface area contributed by atoms with Crippen LogP contribution in [-0.4, -0.2) is 16.5 Å². The number of piperidine rings is 1. The molecule has 0 amide bonds. The van der Waals surface area contributed by atoms with Gasteiger partial charge in [-0.25, -0.2) is 9.97 Å². The van der Waals surface area contributed by atoms with Crippen molar-refractivity contribution in [1.82, 2.24) is 15.3 Å². The van der Waals surface area contributed by atoms with Gasteiger partial charge in [0.2, 0.25) is 0 Å². The Kier molecular flexibility index (Phi) is 3.54. The fraction of sp³-hybridized carbons (Fsp3) is 0.692. The first-order valence-corrected chi connectivity index (χ1v) is 6.25. The summed E-state index contributed by atoms with van der Waals surface area (Å²) >= 11 is 0. The highest BCUT2D eigenvalue weighted by molar-refractivity contribution is 5.15. The molecule has 1 aromatic rings. The van der Waals surface area contributed by atoms with E-state index in [1.54, 1.807) is 0 Å². The van der Waals surface area contributed by atoms with E-state index in [4.69, 9.17) is 0 Å². The Morgan fingerprint density at radius 3 is 2.75 bits per heavy atom. The lowest BCUT2D eigenvalue weighted by atomic mass is 10.0. The minimum absolute atomic E-state index is 0.367. The largest absolute Gasteiger partial charge is 0.307 e. The van der Waals surface area contributed by atoms with Gasteiger partial charge < -0.3 is 5.32 Å². The van der Waals surface area contributed by atoms with Crippen LogP contribution in [-0.2, 0) is 0 Å². The predicted molar refractivity (Wildman–Crippen MR) is 65.5 cm³/mol. The van der Waals surface area contributed by atoms with E-state index in [0.717, 1.165) is 23.8 Å². The number of rotatable bonds is 2. The molecule has 0 bridgehead atoms. The summed E-state index contributed by atoms with van der Waals surface area (Å²) in [5.41, 5.74) is 2.25. The summed E-state index contributed by atoms with van der Waals surface area (Å²) in [6.45, 7) is 7.51. The maximum absolute atomic E-state index is 4.68. The summed E-state index contributed by atoms with van der Waals surface area (Å²) in [6, 6.07) is 2.46. The SMILES string of the molecule is Cc1cc(C(C)C)nc(C2CCCCN2)n1. The lowest BCUT2D eigenvalue weighted by Crippen LogP contribution is -2.28. The molecule has 1 aliphatic rings. The molecule has 0 aromatic carbocycles. The van der Waals surface area contributed by atoms with Crippen molar-refractivity contribution in [2.45, 2.75) is 52.0 Å². The molecule has 1 saturated heterocycles. The number of nitrogens with one attached hydrogen (secondary N) is 1. The van der Waals surface area contributed by atoms with E-state index < -0.39 is 0 Å². The van der Waals surface area contributed by atoms with E-state index in [1.807, 2.05) is 0 Å². The van der Waals surface area contributed by atoms with Crippen LogP contribution in [0.15, 0.2) is 6.07 Å². The van der Waals surface area contributed by atoms with Gasteiger partial charge in [0, 0.05) is 11.4 Å². The van der Waals surface area contributed by atoms with Crippen LogP contribution in [0.3, 0.4) is 0 Å². The van der Waals surface area contributed by atoms with E-state index in [0.29, 0.717) is 12.0 Å². The van der Waals surface area contributed by atoms with Crippen molar-refractivity contribution in [3.63, 3.8) is 0 Å². The molecule has 0 aliphatic carbocycles. The highest BCUT2D eigenvalue weighted by Gasteiger charge is 2.18. The van der Waals surface area contributed by atoms with Crippen LogP contribution >= 0.6 is 0 Å². The Morgan fingerprint density at radius 2 is 2.12 bits per heavy atom. The van der Waals surface area contributed by atoms with Gasteiger partial charge in [-0.15, -0.1) is 0 Å². The summed E-state index contributed by atoms with van der Waals surface area (Å²) < 4.78 is 0. The fourth-order valence-electron chi connectivity index (χ4n) is 2.14. The van der Waals surface area contributed by atoms with Crippen molar-refractivity contribution in [2.24, 2.45) is 0 Å². The maximum Gasteiger partial charge on any atom is 0.145 e. The van der Waals surface area contributed by atoms with Gasteiger partial charge in [-0.2, -0.15) is 0 Å². The van der Waals surface area contributed by atoms with Crippen LogP contribution in [0.25, 0.3) is 0 Å². The number of aryl methyl sites for hydroxylation is 1. The van der Waals surface area contributed by atoms with Crippen molar-refractivity contribution < 1.29 is 0 Å². The van der Waals surface area contributed by atoms with Gasteiger partial charge in [-0.1, -0.05) is 20.3 Å². The second-order valence-electron chi connectivity index (χ2n) is 4.95. The average molecular weight is 219 g/mol. The molecular formula is C13H21N3. The van der Waals surface area contributed by atoms with Crippen molar-refractivity contribution in [2.75, 3.05) is 6.54 Å². The van der Waals surface area contributed by atoms with Gasteiger partial charge in [0.1, 0.15) is 5.82 Å². The Morgan fingerprint density at radius 1 is 1.31 bits per heavy atom. The van der Waals surface area contributed by atoms with Crippen molar-refractivity contribution in [1.29, 1.82) is 0 Å². The first kappa shape index (κ1) is 11.5. The summed E-state index contributed by atoms with van der Waals surface area (Å²) in [4.78, 5) is 9.25. The summed E-state index contributed by atoms with van der Waals surface area (Å²) in [6.07, 6.45) is 3.73. The number of hydrogen-bond acceptors (Lipinski definition) is 3. The molecular weight excluding hydrogens is 198 g/mol. The third-order valence-corrected chi connectivity index (χ3v) is 3.10. The fourth-order valence-corrected chi connectivity index (χ4v) is 2.14. The van der Waals surface area contributed by atoms with E-state index in [2.05, 4.69) is 42.1 Å². The van der Waals surface area contributed by atoms with Crippen LogP contribution in [0.2, 0.25) is 0 Å². The Bertz CT molecular complexity index is 354. The molecule has 1 aliphatic heterocycles.